The highest BCUT2D eigenvalue weighted by molar-refractivity contribution is 6.83. The Kier molecular flexibility index (Phi) is 7.81. The number of benzene rings is 1. The maximum absolute atomic E-state index is 12.3. The van der Waals surface area contributed by atoms with Gasteiger partial charge < -0.3 is 19.7 Å². The fourth-order valence-corrected chi connectivity index (χ4v) is 3.66. The summed E-state index contributed by atoms with van der Waals surface area (Å²) in [4.78, 5) is 16.3. The summed E-state index contributed by atoms with van der Waals surface area (Å²) in [5, 5.41) is 19.5. The lowest BCUT2D eigenvalue weighted by Gasteiger charge is -2.35. The van der Waals surface area contributed by atoms with Crippen molar-refractivity contribution in [2.45, 2.75) is 59.5 Å². The summed E-state index contributed by atoms with van der Waals surface area (Å²) in [6.07, 6.45) is -0.271. The largest absolute Gasteiger partial charge is 0.488 e. The predicted molar refractivity (Wildman–Crippen MR) is 124 cm³/mol. The number of rotatable bonds is 3. The van der Waals surface area contributed by atoms with Crippen LogP contribution in [0, 0.1) is 18.4 Å². The first kappa shape index (κ1) is 24.5. The van der Waals surface area contributed by atoms with E-state index in [-0.39, 0.29) is 6.09 Å². The van der Waals surface area contributed by atoms with Gasteiger partial charge in [0.2, 0.25) is 0 Å². The molecule has 6 nitrogen and oxygen atoms in total. The fraction of sp³-hybridized carbons (Fsp3) is 0.591. The molecule has 8 heteroatoms. The Balaban J connectivity index is 2.14. The van der Waals surface area contributed by atoms with E-state index in [0.717, 1.165) is 29.8 Å². The number of ether oxygens (including phenoxy) is 1. The van der Waals surface area contributed by atoms with Gasteiger partial charge in [0.05, 0.1) is 0 Å². The maximum Gasteiger partial charge on any atom is 0.488 e. The maximum atomic E-state index is 12.3. The standard InChI is InChI=1S/C22H35BN2O4Si/c1-17-18(8-13-30(5,6)7)14-20(23(27)28)15-19(17)16-24-9-11-25(12-10-24)21(26)29-22(2,3)4/h14-15,27-28H,9-12,16H2,1-7H3. The Morgan fingerprint density at radius 3 is 2.27 bits per heavy atom. The number of nitrogens with zero attached hydrogens (tertiary/aromatic N) is 2. The summed E-state index contributed by atoms with van der Waals surface area (Å²) in [7, 11) is -3.08. The van der Waals surface area contributed by atoms with Gasteiger partial charge >= 0.3 is 13.2 Å². The molecule has 1 fully saturated rings. The van der Waals surface area contributed by atoms with E-state index < -0.39 is 20.8 Å². The van der Waals surface area contributed by atoms with Gasteiger partial charge in [-0.2, -0.15) is 0 Å². The van der Waals surface area contributed by atoms with Gasteiger partial charge in [-0.3, -0.25) is 4.90 Å². The average molecular weight is 430 g/mol. The molecule has 1 aromatic carbocycles. The monoisotopic (exact) mass is 430 g/mol. The van der Waals surface area contributed by atoms with Crippen LogP contribution in [0.4, 0.5) is 4.79 Å². The van der Waals surface area contributed by atoms with Gasteiger partial charge in [-0.15, -0.1) is 5.54 Å². The number of piperazine rings is 1. The van der Waals surface area contributed by atoms with Crippen LogP contribution in [0.3, 0.4) is 0 Å². The van der Waals surface area contributed by atoms with Crippen LogP contribution in [0.25, 0.3) is 0 Å². The molecule has 1 aromatic rings. The third kappa shape index (κ3) is 7.47. The van der Waals surface area contributed by atoms with Crippen LogP contribution in [0.15, 0.2) is 12.1 Å². The van der Waals surface area contributed by atoms with Crippen LogP contribution >= 0.6 is 0 Å². The molecule has 0 radical (unpaired) electrons. The van der Waals surface area contributed by atoms with Crippen LogP contribution in [-0.2, 0) is 11.3 Å². The van der Waals surface area contributed by atoms with Gasteiger partial charge in [-0.05, 0) is 50.4 Å². The lowest BCUT2D eigenvalue weighted by molar-refractivity contribution is 0.0139. The van der Waals surface area contributed by atoms with Crippen molar-refractivity contribution in [1.82, 2.24) is 9.80 Å². The van der Waals surface area contributed by atoms with Crippen LogP contribution in [0.5, 0.6) is 0 Å². The summed E-state index contributed by atoms with van der Waals surface area (Å²) in [6, 6.07) is 3.62. The van der Waals surface area contributed by atoms with Crippen LogP contribution < -0.4 is 5.46 Å². The molecule has 30 heavy (non-hydrogen) atoms. The minimum Gasteiger partial charge on any atom is -0.444 e. The second kappa shape index (κ2) is 9.56. The van der Waals surface area contributed by atoms with Gasteiger partial charge in [-0.25, -0.2) is 4.79 Å². The van der Waals surface area contributed by atoms with E-state index in [2.05, 4.69) is 36.0 Å². The zero-order valence-electron chi connectivity index (χ0n) is 19.4. The Hall–Kier alpha value is -1.79. The lowest BCUT2D eigenvalue weighted by Crippen LogP contribution is -2.49. The Labute approximate surface area is 182 Å². The molecule has 1 aliphatic rings. The molecule has 1 saturated heterocycles. The number of carbonyl (C=O) groups is 1. The third-order valence-electron chi connectivity index (χ3n) is 4.83. The van der Waals surface area contributed by atoms with Gasteiger partial charge in [0.15, 0.2) is 0 Å². The minimum absolute atomic E-state index is 0.271. The Bertz CT molecular complexity index is 827. The number of hydrogen-bond donors (Lipinski definition) is 2. The van der Waals surface area contributed by atoms with E-state index in [4.69, 9.17) is 4.74 Å². The van der Waals surface area contributed by atoms with Crippen molar-refractivity contribution < 1.29 is 19.6 Å². The molecule has 2 rings (SSSR count). The van der Waals surface area contributed by atoms with Crippen molar-refractivity contribution in [3.05, 3.63) is 28.8 Å². The molecule has 0 aromatic heterocycles. The highest BCUT2D eigenvalue weighted by atomic mass is 28.3. The zero-order valence-corrected chi connectivity index (χ0v) is 20.4. The molecule has 0 aliphatic carbocycles. The summed E-state index contributed by atoms with van der Waals surface area (Å²) < 4.78 is 5.46. The van der Waals surface area contributed by atoms with Crippen molar-refractivity contribution in [1.29, 1.82) is 0 Å². The summed E-state index contributed by atoms with van der Waals surface area (Å²) >= 11 is 0. The highest BCUT2D eigenvalue weighted by Crippen LogP contribution is 2.17. The first-order valence-corrected chi connectivity index (χ1v) is 14.0. The Morgan fingerprint density at radius 1 is 1.17 bits per heavy atom. The van der Waals surface area contributed by atoms with E-state index in [0.29, 0.717) is 25.1 Å². The first-order chi connectivity index (χ1) is 13.7. The fourth-order valence-electron chi connectivity index (χ4n) is 3.15. The first-order valence-electron chi connectivity index (χ1n) is 10.5. The third-order valence-corrected chi connectivity index (χ3v) is 5.70. The molecule has 0 saturated carbocycles. The highest BCUT2D eigenvalue weighted by Gasteiger charge is 2.26. The summed E-state index contributed by atoms with van der Waals surface area (Å²) in [6.45, 7) is 17.6. The van der Waals surface area contributed by atoms with Crippen LogP contribution in [0.2, 0.25) is 19.6 Å². The van der Waals surface area contributed by atoms with Crippen LogP contribution in [-0.4, -0.2) is 72.9 Å². The number of amides is 1. The summed E-state index contributed by atoms with van der Waals surface area (Å²) in [5.74, 6) is 3.27. The van der Waals surface area contributed by atoms with E-state index in [9.17, 15) is 14.8 Å². The molecule has 1 heterocycles. The molecule has 164 valence electrons. The quantitative estimate of drug-likeness (QED) is 0.567. The molecule has 1 aliphatic heterocycles. The molecule has 0 spiro atoms. The molecule has 0 bridgehead atoms. The molecule has 2 N–H and O–H groups in total. The molecular weight excluding hydrogens is 395 g/mol. The normalized spacial score (nSPS) is 15.4. The van der Waals surface area contributed by atoms with E-state index in [1.807, 2.05) is 33.8 Å². The lowest BCUT2D eigenvalue weighted by atomic mass is 9.77. The number of carbonyl (C=O) groups excluding carboxylic acids is 1. The topological polar surface area (TPSA) is 73.2 Å². The molecule has 0 atom stereocenters. The van der Waals surface area contributed by atoms with Crippen molar-refractivity contribution >= 4 is 26.7 Å². The number of hydrogen-bond acceptors (Lipinski definition) is 5. The zero-order chi connectivity index (χ0) is 22.7. The minimum atomic E-state index is -1.55. The van der Waals surface area contributed by atoms with Gasteiger partial charge in [0.25, 0.3) is 0 Å². The average Bonchev–Trinajstić information content (AvgIpc) is 2.60. The van der Waals surface area contributed by atoms with Gasteiger partial charge in [0, 0.05) is 38.3 Å². The molecule has 1 amide bonds. The molecular formula is C22H35BN2O4Si. The van der Waals surface area contributed by atoms with Crippen LogP contribution in [0.1, 0.15) is 37.5 Å². The smallest absolute Gasteiger partial charge is 0.444 e. The van der Waals surface area contributed by atoms with E-state index in [1.54, 1.807) is 11.0 Å². The van der Waals surface area contributed by atoms with E-state index >= 15 is 0 Å². The SMILES string of the molecule is Cc1c(C#C[Si](C)(C)C)cc(B(O)O)cc1CN1CCN(C(=O)OC(C)(C)C)CC1. The van der Waals surface area contributed by atoms with Crippen molar-refractivity contribution in [2.75, 3.05) is 26.2 Å². The second-order valence-corrected chi connectivity index (χ2v) is 14.7. The summed E-state index contributed by atoms with van der Waals surface area (Å²) in [5.41, 5.74) is 6.29. The van der Waals surface area contributed by atoms with Crippen molar-refractivity contribution in [2.24, 2.45) is 0 Å². The second-order valence-electron chi connectivity index (χ2n) is 9.97. The van der Waals surface area contributed by atoms with Gasteiger partial charge in [-0.1, -0.05) is 31.6 Å². The van der Waals surface area contributed by atoms with Crippen molar-refractivity contribution in [3.8, 4) is 11.5 Å². The molecule has 0 unspecified atom stereocenters. The predicted octanol–water partition coefficient (Wildman–Crippen LogP) is 1.96. The van der Waals surface area contributed by atoms with Crippen molar-refractivity contribution in [3.63, 3.8) is 0 Å². The van der Waals surface area contributed by atoms with Gasteiger partial charge in [0.1, 0.15) is 13.7 Å². The Morgan fingerprint density at radius 2 is 1.77 bits per heavy atom. The van der Waals surface area contributed by atoms with E-state index in [1.165, 1.54) is 0 Å².